The number of piperidine rings is 2. The summed E-state index contributed by atoms with van der Waals surface area (Å²) in [7, 11) is 0. The summed E-state index contributed by atoms with van der Waals surface area (Å²) in [4.78, 5) is 21.0. The van der Waals surface area contributed by atoms with Gasteiger partial charge in [0, 0.05) is 37.5 Å². The number of pyridine rings is 1. The summed E-state index contributed by atoms with van der Waals surface area (Å²) >= 11 is 0. The number of likely N-dealkylation sites (tertiary alicyclic amines) is 2. The molecule has 36 heavy (non-hydrogen) atoms. The molecule has 5 nitrogen and oxygen atoms in total. The number of benzene rings is 1. The van der Waals surface area contributed by atoms with Crippen LogP contribution in [0.1, 0.15) is 69.2 Å². The van der Waals surface area contributed by atoms with Gasteiger partial charge in [-0.1, -0.05) is 19.9 Å². The standard InChI is InChI=1S/C29H39F2N3O2/c1-3-29(31,4-2)21-33-16-12-22(13-17-33)20-36-27-11-9-24(19-32-27)23-8-10-25(26(30)18-23)28(35)34-14-6-5-7-15-34/h8-11,18-19,22H,3-7,12-17,20-21H2,1-2H3. The van der Waals surface area contributed by atoms with Gasteiger partial charge in [0.15, 0.2) is 0 Å². The topological polar surface area (TPSA) is 45.7 Å². The highest BCUT2D eigenvalue weighted by Gasteiger charge is 2.30. The van der Waals surface area contributed by atoms with Crippen LogP contribution in [0.25, 0.3) is 11.1 Å². The molecule has 0 saturated carbocycles. The lowest BCUT2D eigenvalue weighted by atomic mass is 9.94. The lowest BCUT2D eigenvalue weighted by Crippen LogP contribution is -2.44. The van der Waals surface area contributed by atoms with Crippen molar-refractivity contribution in [2.75, 3.05) is 39.3 Å². The maximum Gasteiger partial charge on any atom is 0.256 e. The molecule has 0 spiro atoms. The highest BCUT2D eigenvalue weighted by atomic mass is 19.1. The Morgan fingerprint density at radius 3 is 2.33 bits per heavy atom. The Morgan fingerprint density at radius 2 is 1.72 bits per heavy atom. The van der Waals surface area contributed by atoms with E-state index in [4.69, 9.17) is 4.74 Å². The minimum Gasteiger partial charge on any atom is -0.477 e. The number of halogens is 2. The molecule has 196 valence electrons. The average molecular weight is 500 g/mol. The number of rotatable bonds is 9. The lowest BCUT2D eigenvalue weighted by molar-refractivity contribution is 0.0565. The van der Waals surface area contributed by atoms with Gasteiger partial charge in [-0.05, 0) is 87.7 Å². The Kier molecular flexibility index (Phi) is 8.94. The van der Waals surface area contributed by atoms with Gasteiger partial charge in [-0.15, -0.1) is 0 Å². The van der Waals surface area contributed by atoms with Gasteiger partial charge in [0.2, 0.25) is 5.88 Å². The maximum atomic E-state index is 14.8. The third kappa shape index (κ3) is 6.61. The van der Waals surface area contributed by atoms with Crippen molar-refractivity contribution in [3.05, 3.63) is 47.9 Å². The Morgan fingerprint density at radius 1 is 1.03 bits per heavy atom. The quantitative estimate of drug-likeness (QED) is 0.416. The molecular weight excluding hydrogens is 460 g/mol. The van der Waals surface area contributed by atoms with E-state index < -0.39 is 11.5 Å². The number of hydrogen-bond acceptors (Lipinski definition) is 4. The maximum absolute atomic E-state index is 14.8. The van der Waals surface area contributed by atoms with Gasteiger partial charge in [0.05, 0.1) is 12.2 Å². The molecule has 1 aromatic carbocycles. The van der Waals surface area contributed by atoms with Crippen LogP contribution in [-0.2, 0) is 0 Å². The molecule has 1 aromatic heterocycles. The van der Waals surface area contributed by atoms with Crippen molar-refractivity contribution >= 4 is 5.91 Å². The predicted molar refractivity (Wildman–Crippen MR) is 138 cm³/mol. The number of alkyl halides is 1. The van der Waals surface area contributed by atoms with Crippen LogP contribution in [-0.4, -0.2) is 65.7 Å². The van der Waals surface area contributed by atoms with Gasteiger partial charge in [-0.25, -0.2) is 13.8 Å². The van der Waals surface area contributed by atoms with Crippen molar-refractivity contribution in [2.45, 2.75) is 64.5 Å². The van der Waals surface area contributed by atoms with E-state index in [1.165, 1.54) is 6.07 Å². The molecular formula is C29H39F2N3O2. The summed E-state index contributed by atoms with van der Waals surface area (Å²) < 4.78 is 35.4. The molecule has 0 radical (unpaired) electrons. The molecule has 2 aromatic rings. The molecule has 2 aliphatic rings. The van der Waals surface area contributed by atoms with Crippen LogP contribution >= 0.6 is 0 Å². The van der Waals surface area contributed by atoms with Crippen molar-refractivity contribution < 1.29 is 18.3 Å². The normalized spacial score (nSPS) is 17.8. The van der Waals surface area contributed by atoms with Crippen LogP contribution in [0.3, 0.4) is 0 Å². The van der Waals surface area contributed by atoms with Crippen LogP contribution in [0.15, 0.2) is 36.5 Å². The highest BCUT2D eigenvalue weighted by Crippen LogP contribution is 2.27. The molecule has 0 aliphatic carbocycles. The molecule has 4 rings (SSSR count). The zero-order valence-corrected chi connectivity index (χ0v) is 21.6. The summed E-state index contributed by atoms with van der Waals surface area (Å²) in [6.45, 7) is 8.13. The van der Waals surface area contributed by atoms with Crippen LogP contribution < -0.4 is 4.74 Å². The summed E-state index contributed by atoms with van der Waals surface area (Å²) in [5.74, 6) is 0.237. The number of nitrogens with zero attached hydrogens (tertiary/aromatic N) is 3. The first-order valence-electron chi connectivity index (χ1n) is 13.5. The summed E-state index contributed by atoms with van der Waals surface area (Å²) in [5, 5.41) is 0. The van der Waals surface area contributed by atoms with Crippen LogP contribution in [0.4, 0.5) is 8.78 Å². The second-order valence-electron chi connectivity index (χ2n) is 10.3. The first kappa shape index (κ1) is 26.5. The molecule has 2 aliphatic heterocycles. The van der Waals surface area contributed by atoms with E-state index in [0.29, 0.717) is 56.4 Å². The fourth-order valence-electron chi connectivity index (χ4n) is 5.16. The van der Waals surface area contributed by atoms with Gasteiger partial charge in [-0.3, -0.25) is 4.79 Å². The molecule has 2 fully saturated rings. The molecule has 7 heteroatoms. The van der Waals surface area contributed by atoms with Crippen molar-refractivity contribution in [3.63, 3.8) is 0 Å². The number of carbonyl (C=O) groups excluding carboxylic acids is 1. The molecule has 1 amide bonds. The van der Waals surface area contributed by atoms with E-state index in [-0.39, 0.29) is 11.5 Å². The first-order valence-corrected chi connectivity index (χ1v) is 13.5. The van der Waals surface area contributed by atoms with Crippen molar-refractivity contribution in [1.29, 1.82) is 0 Å². The minimum atomic E-state index is -1.08. The Balaban J connectivity index is 1.27. The lowest BCUT2D eigenvalue weighted by Gasteiger charge is -2.36. The SMILES string of the molecule is CCC(F)(CC)CN1CCC(COc2ccc(-c3ccc(C(=O)N4CCCCC4)c(F)c3)cn2)CC1. The van der Waals surface area contributed by atoms with Crippen LogP contribution in [0.5, 0.6) is 5.88 Å². The van der Waals surface area contributed by atoms with E-state index in [9.17, 15) is 13.6 Å². The van der Waals surface area contributed by atoms with Crippen LogP contribution in [0, 0.1) is 11.7 Å². The summed E-state index contributed by atoms with van der Waals surface area (Å²) in [6.07, 6.45) is 7.84. The molecule has 2 saturated heterocycles. The Labute approximate surface area is 213 Å². The zero-order valence-electron chi connectivity index (χ0n) is 21.6. The number of hydrogen-bond donors (Lipinski definition) is 0. The van der Waals surface area contributed by atoms with Crippen molar-refractivity contribution in [2.24, 2.45) is 5.92 Å². The molecule has 0 atom stereocenters. The van der Waals surface area contributed by atoms with Gasteiger partial charge >= 0.3 is 0 Å². The third-order valence-corrected chi connectivity index (χ3v) is 7.86. The fourth-order valence-corrected chi connectivity index (χ4v) is 5.16. The number of ether oxygens (including phenoxy) is 1. The second-order valence-corrected chi connectivity index (χ2v) is 10.3. The van der Waals surface area contributed by atoms with E-state index in [1.807, 2.05) is 19.9 Å². The largest absolute Gasteiger partial charge is 0.477 e. The summed E-state index contributed by atoms with van der Waals surface area (Å²) in [6, 6.07) is 8.42. The number of carbonyl (C=O) groups is 1. The van der Waals surface area contributed by atoms with Gasteiger partial charge in [0.1, 0.15) is 11.5 Å². The zero-order chi connectivity index (χ0) is 25.5. The fraction of sp³-hybridized carbons (Fsp3) is 0.586. The summed E-state index contributed by atoms with van der Waals surface area (Å²) in [5.41, 5.74) is 0.493. The molecule has 3 heterocycles. The first-order chi connectivity index (χ1) is 17.4. The Hall–Kier alpha value is -2.54. The second kappa shape index (κ2) is 12.1. The van der Waals surface area contributed by atoms with Gasteiger partial charge in [-0.2, -0.15) is 0 Å². The van der Waals surface area contributed by atoms with Crippen molar-refractivity contribution in [1.82, 2.24) is 14.8 Å². The van der Waals surface area contributed by atoms with Gasteiger partial charge < -0.3 is 14.5 Å². The van der Waals surface area contributed by atoms with Crippen molar-refractivity contribution in [3.8, 4) is 17.0 Å². The van der Waals surface area contributed by atoms with Gasteiger partial charge in [0.25, 0.3) is 5.91 Å². The molecule has 0 bridgehead atoms. The van der Waals surface area contributed by atoms with E-state index in [0.717, 1.165) is 50.8 Å². The Bertz CT molecular complexity index is 996. The average Bonchev–Trinajstić information content (AvgIpc) is 2.93. The van der Waals surface area contributed by atoms with E-state index >= 15 is 0 Å². The minimum absolute atomic E-state index is 0.126. The highest BCUT2D eigenvalue weighted by molar-refractivity contribution is 5.95. The molecule has 0 N–H and O–H groups in total. The number of aromatic nitrogens is 1. The van der Waals surface area contributed by atoms with E-state index in [1.54, 1.807) is 29.3 Å². The number of amides is 1. The molecule has 0 unspecified atom stereocenters. The monoisotopic (exact) mass is 499 g/mol. The van der Waals surface area contributed by atoms with E-state index in [2.05, 4.69) is 9.88 Å². The predicted octanol–water partition coefficient (Wildman–Crippen LogP) is 6.13. The van der Waals surface area contributed by atoms with Crippen LogP contribution in [0.2, 0.25) is 0 Å². The smallest absolute Gasteiger partial charge is 0.256 e. The third-order valence-electron chi connectivity index (χ3n) is 7.86.